The van der Waals surface area contributed by atoms with Gasteiger partial charge in [0.25, 0.3) is 0 Å². The predicted octanol–water partition coefficient (Wildman–Crippen LogP) is 12.1. The van der Waals surface area contributed by atoms with E-state index in [0.29, 0.717) is 30.7 Å². The average Bonchev–Trinajstić information content (AvgIpc) is 4.05. The number of fused-ring (bicyclic) bond motifs is 7. The summed E-state index contributed by atoms with van der Waals surface area (Å²) in [6.45, 7) is 22.0. The molecule has 11 atom stereocenters. The smallest absolute Gasteiger partial charge is 0.373 e. The van der Waals surface area contributed by atoms with Gasteiger partial charge in [0.15, 0.2) is 5.78 Å². The lowest BCUT2D eigenvalue weighted by molar-refractivity contribution is -0.236. The molecular weight excluding hydrogens is 854 g/mol. The number of Topliss-reactive ketones (excluding diaryl/α,β-unsaturated/α-hetero) is 1. The van der Waals surface area contributed by atoms with E-state index in [9.17, 15) is 14.0 Å². The van der Waals surface area contributed by atoms with E-state index < -0.39 is 5.41 Å². The fourth-order valence-corrected chi connectivity index (χ4v) is 16.8. The van der Waals surface area contributed by atoms with Gasteiger partial charge in [0.05, 0.1) is 29.3 Å². The van der Waals surface area contributed by atoms with Crippen molar-refractivity contribution in [1.29, 1.82) is 0 Å². The molecule has 0 bridgehead atoms. The number of imidazole rings is 1. The van der Waals surface area contributed by atoms with Crippen molar-refractivity contribution >= 4 is 23.8 Å². The number of halogens is 1. The zero-order chi connectivity index (χ0) is 48.8. The zero-order valence-corrected chi connectivity index (χ0v) is 42.0. The number of allylic oxidation sites excluding steroid dienone is 1. The Kier molecular flexibility index (Phi) is 12.3. The molecule has 6 fully saturated rings. The second kappa shape index (κ2) is 17.3. The molecule has 68 heavy (non-hydrogen) atoms. The van der Waals surface area contributed by atoms with E-state index in [-0.39, 0.29) is 93.0 Å². The lowest BCUT2D eigenvalue weighted by atomic mass is 9.33. The van der Waals surface area contributed by atoms with Gasteiger partial charge in [-0.05, 0) is 175 Å². The Morgan fingerprint density at radius 3 is 2.24 bits per heavy atom. The molecule has 3 aromatic rings. The standard InChI is InChI=1S/C57H74FN3O4.CO2/c1-34(2)47-43(62)32-57(51(64)61-29-13-16-42(61)49-59-33-41(60-49)36-17-19-38(58)20-18-36)28-27-55(8)39(48(47)57)21-22-45-54(7)25-24-46(53(5,6)44(54)23-26-56(45,55)9)65-50(63)40-31-37(52(40,3)4)30-35-14-11-10-12-15-35;2-1-3/h10-12,14-15,17-20,33-34,37,39-40,42,44-46H,13,16,21-32H2,1-9H3,(H,59,60);/t37-,39-,40-,42+,44+,45-,46+,54+,55-,56-,57-;/m1./s1. The van der Waals surface area contributed by atoms with Crippen LogP contribution in [-0.2, 0) is 35.1 Å². The number of aromatic amines is 1. The Balaban J connectivity index is 0.00000188. The third kappa shape index (κ3) is 7.34. The average molecular weight is 928 g/mol. The highest BCUT2D eigenvalue weighted by Gasteiger charge is 2.71. The second-order valence-electron chi connectivity index (χ2n) is 24.5. The largest absolute Gasteiger partial charge is 0.462 e. The molecular formula is C58H74FN3O6. The molecule has 6 aliphatic carbocycles. The van der Waals surface area contributed by atoms with Crippen LogP contribution >= 0.6 is 0 Å². The first-order valence-electron chi connectivity index (χ1n) is 25.8. The summed E-state index contributed by atoms with van der Waals surface area (Å²) in [5, 5.41) is 0. The van der Waals surface area contributed by atoms with Crippen LogP contribution in [0.5, 0.6) is 0 Å². The third-order valence-corrected chi connectivity index (χ3v) is 20.7. The van der Waals surface area contributed by atoms with Gasteiger partial charge in [-0.25, -0.2) is 9.37 Å². The van der Waals surface area contributed by atoms with Crippen molar-refractivity contribution in [2.24, 2.45) is 68.0 Å². The van der Waals surface area contributed by atoms with Gasteiger partial charge in [-0.3, -0.25) is 14.4 Å². The topological polar surface area (TPSA) is 126 Å². The van der Waals surface area contributed by atoms with E-state index in [4.69, 9.17) is 19.3 Å². The number of carbonyl (C=O) groups excluding carboxylic acids is 5. The van der Waals surface area contributed by atoms with Crippen molar-refractivity contribution in [3.05, 3.63) is 89.1 Å². The number of benzene rings is 2. The Morgan fingerprint density at radius 1 is 0.853 bits per heavy atom. The van der Waals surface area contributed by atoms with Crippen LogP contribution in [0, 0.1) is 73.8 Å². The number of ether oxygens (including phenoxy) is 1. The number of nitrogens with one attached hydrogen (secondary N) is 1. The fourth-order valence-electron chi connectivity index (χ4n) is 16.8. The van der Waals surface area contributed by atoms with Gasteiger partial charge in [-0.1, -0.05) is 92.6 Å². The molecule has 2 aromatic carbocycles. The number of ketones is 1. The lowest BCUT2D eigenvalue weighted by Gasteiger charge is -2.72. The number of hydrogen-bond donors (Lipinski definition) is 1. The summed E-state index contributed by atoms with van der Waals surface area (Å²) < 4.78 is 20.5. The molecule has 0 radical (unpaired) electrons. The number of carbonyl (C=O) groups is 3. The van der Waals surface area contributed by atoms with Gasteiger partial charge in [-0.15, -0.1) is 0 Å². The molecule has 5 saturated carbocycles. The minimum atomic E-state index is -0.819. The second-order valence-corrected chi connectivity index (χ2v) is 24.5. The molecule has 2 heterocycles. The molecule has 10 heteroatoms. The summed E-state index contributed by atoms with van der Waals surface area (Å²) in [6, 6.07) is 16.9. The Labute approximate surface area is 403 Å². The predicted molar refractivity (Wildman–Crippen MR) is 258 cm³/mol. The van der Waals surface area contributed by atoms with E-state index in [1.165, 1.54) is 23.3 Å². The quantitative estimate of drug-likeness (QED) is 0.223. The van der Waals surface area contributed by atoms with Crippen LogP contribution in [0.4, 0.5) is 4.39 Å². The van der Waals surface area contributed by atoms with Gasteiger partial charge in [0.1, 0.15) is 17.7 Å². The molecule has 0 spiro atoms. The third-order valence-electron chi connectivity index (χ3n) is 20.7. The maximum absolute atomic E-state index is 15.6. The SMILES string of the molecule is CC(C)C1=C2[C@H]3CC[C@@H]4[C@@]5(C)CC[C@H](OC(=O)[C@H]6C[C@@H](Cc7ccccc7)C6(C)C)C(C)(C)[C@@H]5CC[C@@]4(C)[C@]3(C)CC[C@@]2(C(=O)N2CCC[C@H]2c2ncc(-c3ccc(F)cc3)[nH]2)CC1=O.O=C=O. The summed E-state index contributed by atoms with van der Waals surface area (Å²) in [4.78, 5) is 70.8. The van der Waals surface area contributed by atoms with Crippen LogP contribution in [0.3, 0.4) is 0 Å². The molecule has 364 valence electrons. The van der Waals surface area contributed by atoms with E-state index >= 15 is 4.79 Å². The van der Waals surface area contributed by atoms with Crippen molar-refractivity contribution in [3.8, 4) is 11.3 Å². The number of amides is 1. The fraction of sp³-hybridized carbons (Fsp3) is 0.638. The van der Waals surface area contributed by atoms with E-state index in [1.807, 2.05) is 0 Å². The van der Waals surface area contributed by atoms with Crippen molar-refractivity contribution in [1.82, 2.24) is 14.9 Å². The number of H-pyrrole nitrogens is 1. The van der Waals surface area contributed by atoms with E-state index in [1.54, 1.807) is 18.3 Å². The minimum absolute atomic E-state index is 0.00870. The normalized spacial score (nSPS) is 36.5. The molecule has 10 rings (SSSR count). The molecule has 1 aromatic heterocycles. The molecule has 1 saturated heterocycles. The number of aromatic nitrogens is 2. The molecule has 0 unspecified atom stereocenters. The van der Waals surface area contributed by atoms with Crippen molar-refractivity contribution < 1.29 is 33.1 Å². The van der Waals surface area contributed by atoms with Crippen molar-refractivity contribution in [2.45, 2.75) is 158 Å². The minimum Gasteiger partial charge on any atom is -0.462 e. The summed E-state index contributed by atoms with van der Waals surface area (Å²) in [7, 11) is 0. The van der Waals surface area contributed by atoms with Crippen LogP contribution in [0.1, 0.15) is 157 Å². The summed E-state index contributed by atoms with van der Waals surface area (Å²) in [6.07, 6.45) is 13.7. The summed E-state index contributed by atoms with van der Waals surface area (Å²) in [5.41, 5.74) is 4.12. The van der Waals surface area contributed by atoms with Crippen molar-refractivity contribution in [2.75, 3.05) is 6.54 Å². The number of hydrogen-bond acceptors (Lipinski definition) is 7. The van der Waals surface area contributed by atoms with Crippen molar-refractivity contribution in [3.63, 3.8) is 0 Å². The highest BCUT2D eigenvalue weighted by Crippen LogP contribution is 2.77. The molecule has 1 amide bonds. The Morgan fingerprint density at radius 2 is 1.56 bits per heavy atom. The van der Waals surface area contributed by atoms with Crippen LogP contribution in [-0.4, -0.2) is 51.3 Å². The summed E-state index contributed by atoms with van der Waals surface area (Å²) in [5.74, 6) is 2.33. The molecule has 1 N–H and O–H groups in total. The Bertz CT molecular complexity index is 2500. The maximum Gasteiger partial charge on any atom is 0.373 e. The van der Waals surface area contributed by atoms with Crippen LogP contribution in [0.2, 0.25) is 0 Å². The van der Waals surface area contributed by atoms with Gasteiger partial charge in [0.2, 0.25) is 5.91 Å². The van der Waals surface area contributed by atoms with E-state index in [0.717, 1.165) is 93.3 Å². The van der Waals surface area contributed by atoms with E-state index in [2.05, 4.69) is 103 Å². The van der Waals surface area contributed by atoms with Gasteiger partial charge in [0, 0.05) is 18.4 Å². The number of esters is 1. The van der Waals surface area contributed by atoms with Crippen LogP contribution in [0.25, 0.3) is 11.3 Å². The van der Waals surface area contributed by atoms with Gasteiger partial charge in [-0.2, -0.15) is 9.59 Å². The monoisotopic (exact) mass is 928 g/mol. The first kappa shape index (κ1) is 48.3. The first-order valence-corrected chi connectivity index (χ1v) is 25.8. The number of nitrogens with zero attached hydrogens (tertiary/aromatic N) is 2. The van der Waals surface area contributed by atoms with Gasteiger partial charge < -0.3 is 14.6 Å². The first-order chi connectivity index (χ1) is 32.2. The number of rotatable bonds is 8. The van der Waals surface area contributed by atoms with Crippen LogP contribution < -0.4 is 0 Å². The number of likely N-dealkylation sites (tertiary alicyclic amines) is 1. The molecule has 7 aliphatic rings. The zero-order valence-electron chi connectivity index (χ0n) is 42.0. The lowest BCUT2D eigenvalue weighted by Crippen LogP contribution is -2.66. The van der Waals surface area contributed by atoms with Gasteiger partial charge >= 0.3 is 12.1 Å². The Hall–Kier alpha value is -4.69. The maximum atomic E-state index is 15.6. The highest BCUT2D eigenvalue weighted by molar-refractivity contribution is 6.07. The summed E-state index contributed by atoms with van der Waals surface area (Å²) >= 11 is 0. The van der Waals surface area contributed by atoms with Crippen LogP contribution in [0.15, 0.2) is 71.9 Å². The molecule has 1 aliphatic heterocycles. The highest BCUT2D eigenvalue weighted by atomic mass is 19.1. The molecule has 9 nitrogen and oxygen atoms in total.